The van der Waals surface area contributed by atoms with Crippen molar-refractivity contribution in [1.29, 1.82) is 5.26 Å². The number of nitrogens with zero attached hydrogens (tertiary/aromatic N) is 2. The number of nitriles is 1. The maximum Gasteiger partial charge on any atom is 0.224 e. The summed E-state index contributed by atoms with van der Waals surface area (Å²) in [7, 11) is 1.74. The van der Waals surface area contributed by atoms with Crippen molar-refractivity contribution in [2.45, 2.75) is 56.7 Å². The Hall–Kier alpha value is -2.11. The molecule has 2 bridgehead atoms. The second-order valence-electron chi connectivity index (χ2n) is 8.92. The first-order valence-electron chi connectivity index (χ1n) is 10.8. The van der Waals surface area contributed by atoms with Crippen LogP contribution in [0.5, 0.6) is 0 Å². The van der Waals surface area contributed by atoms with E-state index in [9.17, 15) is 4.79 Å². The van der Waals surface area contributed by atoms with E-state index in [-0.39, 0.29) is 11.8 Å². The SMILES string of the molecule is CNC(=O)C1CC2CC(C3CCC(Nc4ncc5oc(C#N)cc5c4Br)CC3)C1N2. The second-order valence-corrected chi connectivity index (χ2v) is 9.72. The first-order chi connectivity index (χ1) is 14.6. The van der Waals surface area contributed by atoms with E-state index in [2.05, 4.69) is 36.9 Å². The molecule has 2 saturated heterocycles. The van der Waals surface area contributed by atoms with E-state index < -0.39 is 0 Å². The first kappa shape index (κ1) is 19.8. The zero-order valence-corrected chi connectivity index (χ0v) is 18.5. The monoisotopic (exact) mass is 471 g/mol. The third kappa shape index (κ3) is 3.38. The van der Waals surface area contributed by atoms with Crippen molar-refractivity contribution in [3.63, 3.8) is 0 Å². The van der Waals surface area contributed by atoms with E-state index in [4.69, 9.17) is 9.68 Å². The zero-order valence-electron chi connectivity index (χ0n) is 17.0. The van der Waals surface area contributed by atoms with E-state index in [1.165, 1.54) is 19.3 Å². The van der Waals surface area contributed by atoms with Crippen LogP contribution in [0.3, 0.4) is 0 Å². The minimum atomic E-state index is 0.134. The van der Waals surface area contributed by atoms with E-state index in [1.807, 2.05) is 6.07 Å². The standard InChI is InChI=1S/C22H26BrN5O2/c1-25-22(29)17-7-13-6-15(20(17)27-13)11-2-4-12(5-3-11)28-21-19(23)16-8-14(9-24)30-18(16)10-26-21/h8,10-13,15,17,20,27H,2-7H2,1H3,(H,25,29)(H,26,28). The Morgan fingerprint density at radius 1 is 1.33 bits per heavy atom. The molecule has 0 spiro atoms. The molecule has 3 aliphatic rings. The number of anilines is 1. The number of halogens is 1. The molecule has 2 aliphatic heterocycles. The number of aromatic nitrogens is 1. The molecule has 2 aromatic rings. The molecule has 30 heavy (non-hydrogen) atoms. The molecule has 1 amide bonds. The highest BCUT2D eigenvalue weighted by Crippen LogP contribution is 2.46. The van der Waals surface area contributed by atoms with Crippen LogP contribution in [0, 0.1) is 29.1 Å². The van der Waals surface area contributed by atoms with Gasteiger partial charge in [-0.2, -0.15) is 5.26 Å². The normalized spacial score (nSPS) is 32.8. The summed E-state index contributed by atoms with van der Waals surface area (Å²) in [5.74, 6) is 2.72. The lowest BCUT2D eigenvalue weighted by molar-refractivity contribution is -0.125. The highest BCUT2D eigenvalue weighted by Gasteiger charge is 2.50. The van der Waals surface area contributed by atoms with Crippen LogP contribution < -0.4 is 16.0 Å². The average molecular weight is 472 g/mol. The van der Waals surface area contributed by atoms with Crippen molar-refractivity contribution in [1.82, 2.24) is 15.6 Å². The number of carbonyl (C=O) groups is 1. The minimum Gasteiger partial charge on any atom is -0.444 e. The Balaban J connectivity index is 1.22. The van der Waals surface area contributed by atoms with Crippen LogP contribution in [0.15, 0.2) is 21.2 Å². The van der Waals surface area contributed by atoms with Gasteiger partial charge in [0.25, 0.3) is 0 Å². The molecular formula is C22H26BrN5O2. The molecule has 4 heterocycles. The summed E-state index contributed by atoms with van der Waals surface area (Å²) in [5.41, 5.74) is 0.613. The lowest BCUT2D eigenvalue weighted by atomic mass is 9.69. The molecule has 0 aromatic carbocycles. The molecule has 8 heteroatoms. The number of furan rings is 1. The Morgan fingerprint density at radius 2 is 2.13 bits per heavy atom. The van der Waals surface area contributed by atoms with E-state index in [1.54, 1.807) is 19.3 Å². The van der Waals surface area contributed by atoms with Gasteiger partial charge in [-0.25, -0.2) is 4.98 Å². The van der Waals surface area contributed by atoms with Crippen molar-refractivity contribution >= 4 is 38.6 Å². The summed E-state index contributed by atoms with van der Waals surface area (Å²) in [6.45, 7) is 0. The number of fused-ring (bicyclic) bond motifs is 3. The second kappa shape index (κ2) is 7.86. The Labute approximate surface area is 184 Å². The minimum absolute atomic E-state index is 0.134. The summed E-state index contributed by atoms with van der Waals surface area (Å²) in [4.78, 5) is 16.7. The summed E-state index contributed by atoms with van der Waals surface area (Å²) in [6, 6.07) is 5.02. The lowest BCUT2D eigenvalue weighted by Gasteiger charge is -2.37. The van der Waals surface area contributed by atoms with Crippen LogP contribution >= 0.6 is 15.9 Å². The number of pyridine rings is 1. The smallest absolute Gasteiger partial charge is 0.224 e. The van der Waals surface area contributed by atoms with Crippen molar-refractivity contribution in [2.24, 2.45) is 17.8 Å². The molecule has 4 unspecified atom stereocenters. The number of hydrogen-bond donors (Lipinski definition) is 3. The predicted molar refractivity (Wildman–Crippen MR) is 117 cm³/mol. The average Bonchev–Trinajstić information content (AvgIpc) is 3.49. The molecule has 158 valence electrons. The summed E-state index contributed by atoms with van der Waals surface area (Å²) in [6.07, 6.45) is 8.44. The van der Waals surface area contributed by atoms with Crippen LogP contribution in [-0.4, -0.2) is 36.1 Å². The van der Waals surface area contributed by atoms with Crippen molar-refractivity contribution in [3.8, 4) is 6.07 Å². The van der Waals surface area contributed by atoms with Gasteiger partial charge in [-0.1, -0.05) is 0 Å². The third-order valence-corrected chi connectivity index (χ3v) is 8.15. The molecule has 3 fully saturated rings. The number of rotatable bonds is 4. The van der Waals surface area contributed by atoms with Crippen molar-refractivity contribution in [3.05, 3.63) is 22.5 Å². The van der Waals surface area contributed by atoms with Crippen molar-refractivity contribution < 1.29 is 9.21 Å². The number of carbonyl (C=O) groups excluding carboxylic acids is 1. The Bertz CT molecular complexity index is 1010. The molecule has 2 aromatic heterocycles. The molecule has 4 atom stereocenters. The van der Waals surface area contributed by atoms with E-state index in [0.29, 0.717) is 41.3 Å². The molecule has 0 radical (unpaired) electrons. The maximum absolute atomic E-state index is 12.2. The summed E-state index contributed by atoms with van der Waals surface area (Å²) in [5, 5.41) is 20.1. The summed E-state index contributed by atoms with van der Waals surface area (Å²) >= 11 is 3.63. The van der Waals surface area contributed by atoms with Gasteiger partial charge in [0.1, 0.15) is 11.9 Å². The van der Waals surface area contributed by atoms with Gasteiger partial charge in [-0.3, -0.25) is 4.79 Å². The lowest BCUT2D eigenvalue weighted by Crippen LogP contribution is -2.43. The largest absolute Gasteiger partial charge is 0.444 e. The molecule has 7 nitrogen and oxygen atoms in total. The summed E-state index contributed by atoms with van der Waals surface area (Å²) < 4.78 is 6.30. The zero-order chi connectivity index (χ0) is 20.8. The highest BCUT2D eigenvalue weighted by molar-refractivity contribution is 9.10. The molecule has 1 saturated carbocycles. The molecular weight excluding hydrogens is 446 g/mol. The topological polar surface area (TPSA) is 103 Å². The van der Waals surface area contributed by atoms with Crippen LogP contribution in [0.2, 0.25) is 0 Å². The van der Waals surface area contributed by atoms with Crippen molar-refractivity contribution in [2.75, 3.05) is 12.4 Å². The van der Waals surface area contributed by atoms with E-state index >= 15 is 0 Å². The fourth-order valence-corrected chi connectivity index (χ4v) is 6.46. The van der Waals surface area contributed by atoms with Crippen LogP contribution in [0.4, 0.5) is 5.82 Å². The maximum atomic E-state index is 12.2. The third-order valence-electron chi connectivity index (χ3n) is 7.35. The Morgan fingerprint density at radius 3 is 2.83 bits per heavy atom. The quantitative estimate of drug-likeness (QED) is 0.629. The van der Waals surface area contributed by atoms with Gasteiger partial charge >= 0.3 is 0 Å². The molecule has 1 aliphatic carbocycles. The molecule has 5 rings (SSSR count). The van der Waals surface area contributed by atoms with Gasteiger partial charge in [-0.15, -0.1) is 0 Å². The van der Waals surface area contributed by atoms with Gasteiger partial charge < -0.3 is 20.4 Å². The highest BCUT2D eigenvalue weighted by atomic mass is 79.9. The number of hydrogen-bond acceptors (Lipinski definition) is 6. The van der Waals surface area contributed by atoms with Gasteiger partial charge in [0.2, 0.25) is 11.7 Å². The fraction of sp³-hybridized carbons (Fsp3) is 0.591. The van der Waals surface area contributed by atoms with Gasteiger partial charge in [0.15, 0.2) is 5.58 Å². The number of amides is 1. The van der Waals surface area contributed by atoms with Gasteiger partial charge in [0.05, 0.1) is 16.6 Å². The first-order valence-corrected chi connectivity index (χ1v) is 11.6. The molecule has 3 N–H and O–H groups in total. The van der Waals surface area contributed by atoms with Crippen LogP contribution in [0.1, 0.15) is 44.3 Å². The van der Waals surface area contributed by atoms with Gasteiger partial charge in [0, 0.05) is 36.6 Å². The van der Waals surface area contributed by atoms with E-state index in [0.717, 1.165) is 34.9 Å². The number of nitrogens with one attached hydrogen (secondary N) is 3. The van der Waals surface area contributed by atoms with Gasteiger partial charge in [-0.05, 0) is 66.3 Å². The van der Waals surface area contributed by atoms with Crippen LogP contribution in [0.25, 0.3) is 11.0 Å². The fourth-order valence-electron chi connectivity index (χ4n) is 5.93. The predicted octanol–water partition coefficient (Wildman–Crippen LogP) is 3.55. The Kier molecular flexibility index (Phi) is 5.19. The van der Waals surface area contributed by atoms with Crippen LogP contribution in [-0.2, 0) is 4.79 Å².